The number of aromatic nitrogens is 5. The van der Waals surface area contributed by atoms with E-state index in [1.165, 1.54) is 4.59 Å². The fraction of sp³-hybridized carbons (Fsp3) is 0.100. The molecule has 39 heavy (non-hydrogen) atoms. The van der Waals surface area contributed by atoms with Crippen LogP contribution in [0.5, 0.6) is 11.5 Å². The number of fused-ring (bicyclic) bond motifs is 4. The molecule has 0 spiro atoms. The summed E-state index contributed by atoms with van der Waals surface area (Å²) >= 11 is 2.31. The zero-order valence-electron chi connectivity index (χ0n) is 24.1. The second-order valence-electron chi connectivity index (χ2n) is 9.31. The molecule has 0 aliphatic carbocycles. The summed E-state index contributed by atoms with van der Waals surface area (Å²) in [6.45, 7) is -1.58. The molecule has 7 rings (SSSR count). The number of pyridine rings is 1. The number of rotatable bonds is 4. The third-order valence-corrected chi connectivity index (χ3v) is 8.10. The van der Waals surface area contributed by atoms with E-state index < -0.39 is 13.7 Å². The number of benzene rings is 3. The van der Waals surface area contributed by atoms with Crippen LogP contribution < -0.4 is 9.55 Å². The SMILES string of the molecule is [2H]C([2H])([2H])B1N(c2cc(C)ccn2)c2[c-]c(Oc3[c-]c(-n4[c](=[Pt])n(C)c5ccccc54)ccc3)ccc2-c2ccnn21. The van der Waals surface area contributed by atoms with Gasteiger partial charge in [-0.1, -0.05) is 0 Å². The van der Waals surface area contributed by atoms with E-state index in [1.807, 2.05) is 74.6 Å². The number of nitrogens with zero attached hydrogens (tertiary/aromatic N) is 6. The molecule has 0 saturated heterocycles. The van der Waals surface area contributed by atoms with Crippen LogP contribution in [0.2, 0.25) is 6.75 Å². The minimum Gasteiger partial charge on any atom is -0.193 e. The van der Waals surface area contributed by atoms with E-state index in [1.54, 1.807) is 17.2 Å². The van der Waals surface area contributed by atoms with Crippen molar-refractivity contribution in [2.75, 3.05) is 4.81 Å². The first kappa shape index (κ1) is 20.8. The fourth-order valence-electron chi connectivity index (χ4n) is 5.00. The third-order valence-electron chi connectivity index (χ3n) is 6.83. The molecule has 1 aliphatic rings. The van der Waals surface area contributed by atoms with Crippen molar-refractivity contribution in [3.63, 3.8) is 0 Å². The monoisotopic (exact) mass is 692 g/mol. The van der Waals surface area contributed by atoms with Crippen LogP contribution in [-0.2, 0) is 26.4 Å². The molecule has 0 amide bonds. The summed E-state index contributed by atoms with van der Waals surface area (Å²) in [7, 11) is 2.04. The molecule has 0 fully saturated rings. The molecule has 4 heterocycles. The summed E-state index contributed by atoms with van der Waals surface area (Å²) in [6.07, 6.45) is 3.29. The van der Waals surface area contributed by atoms with Gasteiger partial charge >= 0.3 is 202 Å². The fourth-order valence-corrected chi connectivity index (χ4v) is 5.82. The topological polar surface area (TPSA) is 53.0 Å². The summed E-state index contributed by atoms with van der Waals surface area (Å²) in [5, 5.41) is 4.39. The Morgan fingerprint density at radius 1 is 0.949 bits per heavy atom. The number of hydrogen-bond acceptors (Lipinski definition) is 4. The molecule has 0 N–H and O–H groups in total. The van der Waals surface area contributed by atoms with Crippen molar-refractivity contribution >= 4 is 29.5 Å². The average molecular weight is 692 g/mol. The zero-order chi connectivity index (χ0) is 29.2. The molecule has 3 aromatic heterocycles. The summed E-state index contributed by atoms with van der Waals surface area (Å²) in [5.41, 5.74) is 5.98. The number of ether oxygens (including phenoxy) is 1. The first-order valence-electron chi connectivity index (χ1n) is 13.9. The minimum atomic E-state index is -2.41. The van der Waals surface area contributed by atoms with E-state index in [4.69, 9.17) is 8.85 Å². The van der Waals surface area contributed by atoms with Crippen LogP contribution in [0.25, 0.3) is 28.0 Å². The van der Waals surface area contributed by atoms with Gasteiger partial charge in [0.2, 0.25) is 0 Å². The molecular formula is C30H23BN6OPt-2. The maximum atomic E-state index is 8.43. The maximum absolute atomic E-state index is 8.43. The van der Waals surface area contributed by atoms with Crippen molar-refractivity contribution in [3.05, 3.63) is 107 Å². The van der Waals surface area contributed by atoms with E-state index in [-0.39, 0.29) is 0 Å². The van der Waals surface area contributed by atoms with Crippen LogP contribution in [0, 0.1) is 22.9 Å². The third kappa shape index (κ3) is 3.90. The van der Waals surface area contributed by atoms with Gasteiger partial charge in [-0.2, -0.15) is 5.10 Å². The molecule has 0 saturated carbocycles. The first-order chi connectivity index (χ1) is 20.2. The summed E-state index contributed by atoms with van der Waals surface area (Å²) in [6, 6.07) is 30.0. The molecule has 0 unspecified atom stereocenters. The standard InChI is InChI=1S/C30H23BN6O.Pt/c1-21-13-15-32-30(17-21)36-29-19-24(11-12-25(29)26-14-16-33-37(26)31(36)2)38-23-8-6-7-22(18-23)35-20-34(3)27-9-4-5-10-28(27)35;/h4-17H,1-3H3;/q-2;/i2D3;. The summed E-state index contributed by atoms with van der Waals surface area (Å²) in [4.78, 5) is 6.22. The number of anilines is 2. The number of hydrogen-bond donors (Lipinski definition) is 0. The second-order valence-corrected chi connectivity index (χ2v) is 10.3. The predicted molar refractivity (Wildman–Crippen MR) is 149 cm³/mol. The van der Waals surface area contributed by atoms with Gasteiger partial charge in [0.15, 0.2) is 0 Å². The van der Waals surface area contributed by atoms with Gasteiger partial charge in [-0.3, -0.25) is 0 Å². The summed E-state index contributed by atoms with van der Waals surface area (Å²) in [5.74, 6) is 1.42. The van der Waals surface area contributed by atoms with Gasteiger partial charge in [-0.15, -0.1) is 0 Å². The van der Waals surface area contributed by atoms with Crippen molar-refractivity contribution in [2.24, 2.45) is 7.05 Å². The Balaban J connectivity index is 1.33. The molecular weight excluding hydrogens is 666 g/mol. The van der Waals surface area contributed by atoms with Gasteiger partial charge in [-0.25, -0.2) is 0 Å². The van der Waals surface area contributed by atoms with E-state index in [2.05, 4.69) is 62.8 Å². The molecule has 0 radical (unpaired) electrons. The number of para-hydroxylation sites is 2. The van der Waals surface area contributed by atoms with E-state index in [0.717, 1.165) is 31.7 Å². The molecule has 0 atom stereocenters. The summed E-state index contributed by atoms with van der Waals surface area (Å²) < 4.78 is 38.5. The molecule has 7 nitrogen and oxygen atoms in total. The van der Waals surface area contributed by atoms with Crippen molar-refractivity contribution in [1.29, 1.82) is 0 Å². The second kappa shape index (κ2) is 9.24. The van der Waals surface area contributed by atoms with Crippen molar-refractivity contribution in [3.8, 4) is 28.4 Å². The van der Waals surface area contributed by atoms with Crippen molar-refractivity contribution in [2.45, 2.75) is 13.7 Å². The minimum absolute atomic E-state index is 0.426. The Labute approximate surface area is 241 Å². The number of aryl methyl sites for hydroxylation is 2. The number of imidazole rings is 1. The van der Waals surface area contributed by atoms with Gasteiger partial charge in [0, 0.05) is 16.5 Å². The Morgan fingerprint density at radius 3 is 2.64 bits per heavy atom. The molecule has 9 heteroatoms. The van der Waals surface area contributed by atoms with Crippen molar-refractivity contribution < 1.29 is 28.2 Å². The predicted octanol–water partition coefficient (Wildman–Crippen LogP) is 6.13. The molecule has 1 aliphatic heterocycles. The Bertz CT molecular complexity index is 2050. The van der Waals surface area contributed by atoms with E-state index in [9.17, 15) is 0 Å². The van der Waals surface area contributed by atoms with Crippen LogP contribution in [0.1, 0.15) is 9.68 Å². The van der Waals surface area contributed by atoms with Crippen LogP contribution >= 0.6 is 0 Å². The first-order valence-corrected chi connectivity index (χ1v) is 13.5. The van der Waals surface area contributed by atoms with Crippen LogP contribution in [0.15, 0.2) is 85.2 Å². The van der Waals surface area contributed by atoms with Gasteiger partial charge in [0.25, 0.3) is 0 Å². The van der Waals surface area contributed by atoms with Gasteiger partial charge in [0.05, 0.1) is 0 Å². The normalized spacial score (nSPS) is 14.0. The Kier molecular flexibility index (Phi) is 4.92. The van der Waals surface area contributed by atoms with Gasteiger partial charge < -0.3 is 0 Å². The Morgan fingerprint density at radius 2 is 1.79 bits per heavy atom. The van der Waals surface area contributed by atoms with Gasteiger partial charge in [0.1, 0.15) is 0 Å². The van der Waals surface area contributed by atoms with Crippen molar-refractivity contribution in [1.82, 2.24) is 23.8 Å². The molecule has 0 bridgehead atoms. The van der Waals surface area contributed by atoms with E-state index >= 15 is 0 Å². The zero-order valence-corrected chi connectivity index (χ0v) is 23.3. The van der Waals surface area contributed by atoms with Crippen LogP contribution in [0.4, 0.5) is 11.5 Å². The molecule has 3 aromatic carbocycles. The van der Waals surface area contributed by atoms with E-state index in [0.29, 0.717) is 28.7 Å². The quantitative estimate of drug-likeness (QED) is 0.165. The Hall–Kier alpha value is -4.16. The van der Waals surface area contributed by atoms with Crippen LogP contribution in [-0.4, -0.2) is 30.8 Å². The molecule has 194 valence electrons. The smallest absolute Gasteiger partial charge is 0.193 e. The van der Waals surface area contributed by atoms with Gasteiger partial charge in [-0.05, 0) is 18.6 Å². The van der Waals surface area contributed by atoms with Crippen LogP contribution in [0.3, 0.4) is 0 Å². The average Bonchev–Trinajstić information content (AvgIpc) is 3.55. The molecule has 6 aromatic rings.